The summed E-state index contributed by atoms with van der Waals surface area (Å²) >= 11 is 0. The first kappa shape index (κ1) is 19.9. The van der Waals surface area contributed by atoms with Gasteiger partial charge in [0.05, 0.1) is 0 Å². The van der Waals surface area contributed by atoms with Gasteiger partial charge in [-0.3, -0.25) is 0 Å². The van der Waals surface area contributed by atoms with Crippen LogP contribution < -0.4 is 10.4 Å². The van der Waals surface area contributed by atoms with Gasteiger partial charge in [0.15, 0.2) is 0 Å². The highest BCUT2D eigenvalue weighted by Gasteiger charge is 2.50. The van der Waals surface area contributed by atoms with E-state index in [9.17, 15) is 0 Å². The zero-order valence-electron chi connectivity index (χ0n) is 16.6. The Hall–Kier alpha value is -1.38. The Morgan fingerprint density at radius 2 is 1.32 bits per heavy atom. The van der Waals surface area contributed by atoms with Crippen molar-refractivity contribution in [3.63, 3.8) is 0 Å². The minimum Gasteiger partial charge on any atom is -0.405 e. The predicted molar refractivity (Wildman–Crippen MR) is 112 cm³/mol. The Balaban J connectivity index is 2.49. The van der Waals surface area contributed by atoms with E-state index in [1.54, 1.807) is 0 Å². The molecule has 2 aromatic carbocycles. The van der Waals surface area contributed by atoms with Crippen LogP contribution in [0.1, 0.15) is 60.3 Å². The summed E-state index contributed by atoms with van der Waals surface area (Å²) < 4.78 is 7.06. The topological polar surface area (TPSA) is 9.23 Å². The highest BCUT2D eigenvalue weighted by molar-refractivity contribution is 6.99. The summed E-state index contributed by atoms with van der Waals surface area (Å²) in [4.78, 5) is 0. The van der Waals surface area contributed by atoms with Gasteiger partial charge in [0, 0.05) is 6.10 Å². The molecule has 0 spiro atoms. The molecule has 1 unspecified atom stereocenters. The monoisotopic (exact) mass is 354 g/mol. The van der Waals surface area contributed by atoms with Crippen molar-refractivity contribution in [1.29, 1.82) is 0 Å². The standard InChI is InChI=1S/C23H34OSi/c1-6-7-10-15-20(2)24-25(23(3,4)5,21-16-11-8-12-17-21)22-18-13-9-14-19-22/h8-9,11-14,16-20H,6-7,10,15H2,1-5H3. The van der Waals surface area contributed by atoms with Crippen molar-refractivity contribution in [1.82, 2.24) is 0 Å². The van der Waals surface area contributed by atoms with Gasteiger partial charge in [-0.15, -0.1) is 0 Å². The maximum Gasteiger partial charge on any atom is 0.261 e. The van der Waals surface area contributed by atoms with Gasteiger partial charge in [-0.1, -0.05) is 108 Å². The lowest BCUT2D eigenvalue weighted by atomic mass is 10.1. The number of hydrogen-bond acceptors (Lipinski definition) is 1. The smallest absolute Gasteiger partial charge is 0.261 e. The van der Waals surface area contributed by atoms with Gasteiger partial charge in [-0.2, -0.15) is 0 Å². The van der Waals surface area contributed by atoms with Crippen LogP contribution in [0.25, 0.3) is 0 Å². The van der Waals surface area contributed by atoms with Crippen LogP contribution >= 0.6 is 0 Å². The second-order valence-electron chi connectivity index (χ2n) is 8.09. The molecule has 0 aromatic heterocycles. The molecule has 2 heteroatoms. The summed E-state index contributed by atoms with van der Waals surface area (Å²) in [6, 6.07) is 21.9. The molecule has 0 aliphatic heterocycles. The first-order chi connectivity index (χ1) is 11.9. The van der Waals surface area contributed by atoms with E-state index >= 15 is 0 Å². The highest BCUT2D eigenvalue weighted by atomic mass is 28.4. The molecule has 0 radical (unpaired) electrons. The summed E-state index contributed by atoms with van der Waals surface area (Å²) in [5.74, 6) is 0. The van der Waals surface area contributed by atoms with Crippen molar-refractivity contribution in [2.45, 2.75) is 71.4 Å². The Kier molecular flexibility index (Phi) is 7.03. The molecule has 0 N–H and O–H groups in total. The van der Waals surface area contributed by atoms with Crippen LogP contribution in [0.5, 0.6) is 0 Å². The van der Waals surface area contributed by atoms with Crippen molar-refractivity contribution >= 4 is 18.7 Å². The van der Waals surface area contributed by atoms with Crippen LogP contribution in [0.2, 0.25) is 5.04 Å². The molecule has 2 aromatic rings. The van der Waals surface area contributed by atoms with Crippen molar-refractivity contribution in [3.05, 3.63) is 60.7 Å². The summed E-state index contributed by atoms with van der Waals surface area (Å²) in [6.45, 7) is 11.6. The number of hydrogen-bond donors (Lipinski definition) is 0. The van der Waals surface area contributed by atoms with E-state index in [4.69, 9.17) is 4.43 Å². The Bertz CT molecular complexity index is 576. The fourth-order valence-corrected chi connectivity index (χ4v) is 8.47. The average Bonchev–Trinajstić information content (AvgIpc) is 2.60. The molecule has 136 valence electrons. The molecule has 25 heavy (non-hydrogen) atoms. The first-order valence-electron chi connectivity index (χ1n) is 9.70. The molecular weight excluding hydrogens is 320 g/mol. The minimum atomic E-state index is -2.37. The molecule has 0 saturated heterocycles. The summed E-state index contributed by atoms with van der Waals surface area (Å²) in [5.41, 5.74) is 0. The van der Waals surface area contributed by atoms with Crippen LogP contribution in [0.15, 0.2) is 60.7 Å². The van der Waals surface area contributed by atoms with Gasteiger partial charge in [0.25, 0.3) is 8.32 Å². The Morgan fingerprint density at radius 1 is 0.840 bits per heavy atom. The van der Waals surface area contributed by atoms with Crippen LogP contribution in [0.4, 0.5) is 0 Å². The molecule has 1 atom stereocenters. The fraction of sp³-hybridized carbons (Fsp3) is 0.478. The van der Waals surface area contributed by atoms with Gasteiger partial charge >= 0.3 is 0 Å². The Morgan fingerprint density at radius 3 is 1.72 bits per heavy atom. The van der Waals surface area contributed by atoms with E-state index in [1.165, 1.54) is 29.6 Å². The summed E-state index contributed by atoms with van der Waals surface area (Å²) in [5, 5.41) is 2.81. The van der Waals surface area contributed by atoms with E-state index < -0.39 is 8.32 Å². The molecule has 0 fully saturated rings. The largest absolute Gasteiger partial charge is 0.405 e. The van der Waals surface area contributed by atoms with E-state index in [0.29, 0.717) is 0 Å². The molecule has 0 aliphatic carbocycles. The van der Waals surface area contributed by atoms with Crippen molar-refractivity contribution in [3.8, 4) is 0 Å². The molecule has 2 rings (SSSR count). The summed E-state index contributed by atoms with van der Waals surface area (Å²) in [7, 11) is -2.37. The molecule has 0 aliphatic rings. The molecule has 0 bridgehead atoms. The number of rotatable bonds is 8. The second kappa shape index (κ2) is 8.82. The van der Waals surface area contributed by atoms with Crippen molar-refractivity contribution in [2.75, 3.05) is 0 Å². The van der Waals surface area contributed by atoms with Crippen LogP contribution in [-0.4, -0.2) is 14.4 Å². The number of benzene rings is 2. The minimum absolute atomic E-state index is 0.0642. The molecular formula is C23H34OSi. The lowest BCUT2D eigenvalue weighted by molar-refractivity contribution is 0.192. The fourth-order valence-electron chi connectivity index (χ4n) is 3.73. The van der Waals surface area contributed by atoms with Crippen LogP contribution in [-0.2, 0) is 4.43 Å². The van der Waals surface area contributed by atoms with Crippen LogP contribution in [0.3, 0.4) is 0 Å². The normalized spacial score (nSPS) is 13.6. The predicted octanol–water partition coefficient (Wildman–Crippen LogP) is 5.53. The SMILES string of the molecule is CCCCCC(C)O[Si](c1ccccc1)(c1ccccc1)C(C)(C)C. The first-order valence-corrected chi connectivity index (χ1v) is 11.6. The van der Waals surface area contributed by atoms with Gasteiger partial charge < -0.3 is 4.43 Å². The van der Waals surface area contributed by atoms with Crippen molar-refractivity contribution in [2.24, 2.45) is 0 Å². The zero-order valence-corrected chi connectivity index (χ0v) is 17.6. The quantitative estimate of drug-likeness (QED) is 0.447. The molecule has 0 saturated carbocycles. The third kappa shape index (κ3) is 4.62. The number of unbranched alkanes of at least 4 members (excludes halogenated alkanes) is 2. The van der Waals surface area contributed by atoms with Crippen molar-refractivity contribution < 1.29 is 4.43 Å². The molecule has 0 heterocycles. The summed E-state index contributed by atoms with van der Waals surface area (Å²) in [6.07, 6.45) is 5.20. The van der Waals surface area contributed by atoms with Gasteiger partial charge in [-0.25, -0.2) is 0 Å². The van der Waals surface area contributed by atoms with E-state index in [2.05, 4.69) is 95.3 Å². The molecule has 1 nitrogen and oxygen atoms in total. The highest BCUT2D eigenvalue weighted by Crippen LogP contribution is 2.37. The lowest BCUT2D eigenvalue weighted by Crippen LogP contribution is -2.67. The van der Waals surface area contributed by atoms with Gasteiger partial charge in [0.2, 0.25) is 0 Å². The zero-order chi connectivity index (χ0) is 18.3. The third-order valence-corrected chi connectivity index (χ3v) is 10.2. The van der Waals surface area contributed by atoms with E-state index in [-0.39, 0.29) is 11.1 Å². The third-order valence-electron chi connectivity index (χ3n) is 5.01. The second-order valence-corrected chi connectivity index (χ2v) is 12.3. The molecule has 0 amide bonds. The Labute approximate surface area is 155 Å². The van der Waals surface area contributed by atoms with E-state index in [1.807, 2.05) is 0 Å². The van der Waals surface area contributed by atoms with Crippen LogP contribution in [0, 0.1) is 0 Å². The maximum atomic E-state index is 7.06. The van der Waals surface area contributed by atoms with E-state index in [0.717, 1.165) is 6.42 Å². The van der Waals surface area contributed by atoms with Gasteiger partial charge in [0.1, 0.15) is 0 Å². The maximum absolute atomic E-state index is 7.06. The average molecular weight is 355 g/mol. The van der Waals surface area contributed by atoms with Gasteiger partial charge in [-0.05, 0) is 28.8 Å². The lowest BCUT2D eigenvalue weighted by Gasteiger charge is -2.44.